The van der Waals surface area contributed by atoms with Gasteiger partial charge in [-0.2, -0.15) is 0 Å². The van der Waals surface area contributed by atoms with Crippen LogP contribution in [0.25, 0.3) is 0 Å². The molecule has 1 saturated heterocycles. The van der Waals surface area contributed by atoms with Crippen LogP contribution in [0.3, 0.4) is 0 Å². The molecule has 0 radical (unpaired) electrons. The van der Waals surface area contributed by atoms with E-state index in [9.17, 15) is 9.59 Å². The first-order valence-corrected chi connectivity index (χ1v) is 5.91. The Kier molecular flexibility index (Phi) is 1.97. The molecule has 4 nitrogen and oxygen atoms in total. The van der Waals surface area contributed by atoms with Crippen LogP contribution in [0.15, 0.2) is 0 Å². The zero-order chi connectivity index (χ0) is 10.4. The van der Waals surface area contributed by atoms with Crippen molar-refractivity contribution in [1.82, 2.24) is 10.2 Å². The minimum atomic E-state index is -0.146. The Morgan fingerprint density at radius 2 is 1.80 bits per heavy atom. The van der Waals surface area contributed by atoms with Crippen molar-refractivity contribution in [2.75, 3.05) is 0 Å². The molecule has 2 atom stereocenters. The van der Waals surface area contributed by atoms with Crippen molar-refractivity contribution in [3.05, 3.63) is 0 Å². The van der Waals surface area contributed by atoms with Crippen molar-refractivity contribution < 1.29 is 9.59 Å². The Balaban J connectivity index is 1.82. The predicted molar refractivity (Wildman–Crippen MR) is 54.1 cm³/mol. The fourth-order valence-corrected chi connectivity index (χ4v) is 2.93. The molecule has 1 aliphatic heterocycles. The second-order valence-electron chi connectivity index (χ2n) is 4.89. The molecule has 3 rings (SSSR count). The normalized spacial score (nSPS) is 36.1. The second kappa shape index (κ2) is 3.22. The lowest BCUT2D eigenvalue weighted by Gasteiger charge is -2.42. The lowest BCUT2D eigenvalue weighted by atomic mass is 9.89. The summed E-state index contributed by atoms with van der Waals surface area (Å²) in [5, 5.41) is 2.97. The van der Waals surface area contributed by atoms with E-state index in [0.29, 0.717) is 0 Å². The first kappa shape index (κ1) is 9.19. The standard InChI is InChI=1S/C11H16N2O2/c14-10-8-5-2-6-9(8)12-11(15)13(10)7-3-1-4-7/h7-9H,1-6H2,(H,12,15). The molecule has 2 unspecified atom stereocenters. The zero-order valence-electron chi connectivity index (χ0n) is 8.74. The van der Waals surface area contributed by atoms with Gasteiger partial charge in [0.2, 0.25) is 5.91 Å². The van der Waals surface area contributed by atoms with E-state index in [-0.39, 0.29) is 29.9 Å². The Morgan fingerprint density at radius 3 is 2.47 bits per heavy atom. The molecule has 0 spiro atoms. The smallest absolute Gasteiger partial charge is 0.324 e. The average molecular weight is 208 g/mol. The highest BCUT2D eigenvalue weighted by atomic mass is 16.2. The molecule has 3 aliphatic rings. The number of hydrogen-bond donors (Lipinski definition) is 1. The first-order chi connectivity index (χ1) is 7.27. The molecule has 15 heavy (non-hydrogen) atoms. The van der Waals surface area contributed by atoms with Crippen LogP contribution in [0.5, 0.6) is 0 Å². The highest BCUT2D eigenvalue weighted by molar-refractivity contribution is 5.99. The van der Waals surface area contributed by atoms with Gasteiger partial charge in [-0.25, -0.2) is 4.79 Å². The number of amides is 3. The molecular formula is C11H16N2O2. The molecule has 1 heterocycles. The molecule has 0 aromatic rings. The highest BCUT2D eigenvalue weighted by Gasteiger charge is 2.46. The van der Waals surface area contributed by atoms with Gasteiger partial charge in [0, 0.05) is 12.1 Å². The molecule has 2 aliphatic carbocycles. The fourth-order valence-electron chi connectivity index (χ4n) is 2.93. The molecule has 0 aromatic heterocycles. The summed E-state index contributed by atoms with van der Waals surface area (Å²) in [6.45, 7) is 0. The van der Waals surface area contributed by atoms with E-state index in [4.69, 9.17) is 0 Å². The Bertz CT molecular complexity index is 312. The first-order valence-electron chi connectivity index (χ1n) is 5.91. The topological polar surface area (TPSA) is 49.4 Å². The second-order valence-corrected chi connectivity index (χ2v) is 4.89. The Hall–Kier alpha value is -1.06. The number of nitrogens with one attached hydrogen (secondary N) is 1. The monoisotopic (exact) mass is 208 g/mol. The van der Waals surface area contributed by atoms with Gasteiger partial charge in [-0.05, 0) is 32.1 Å². The molecule has 82 valence electrons. The van der Waals surface area contributed by atoms with Gasteiger partial charge in [0.15, 0.2) is 0 Å². The van der Waals surface area contributed by atoms with Crippen molar-refractivity contribution in [2.24, 2.45) is 5.92 Å². The number of hydrogen-bond acceptors (Lipinski definition) is 2. The van der Waals surface area contributed by atoms with E-state index in [1.807, 2.05) is 0 Å². The van der Waals surface area contributed by atoms with Crippen molar-refractivity contribution in [3.8, 4) is 0 Å². The fraction of sp³-hybridized carbons (Fsp3) is 0.818. The molecule has 3 amide bonds. The minimum absolute atomic E-state index is 0.0725. The number of carbonyl (C=O) groups excluding carboxylic acids is 2. The van der Waals surface area contributed by atoms with Crippen molar-refractivity contribution in [3.63, 3.8) is 0 Å². The summed E-state index contributed by atoms with van der Waals surface area (Å²) in [4.78, 5) is 25.4. The Morgan fingerprint density at radius 1 is 1.07 bits per heavy atom. The molecule has 3 fully saturated rings. The third kappa shape index (κ3) is 1.27. The van der Waals surface area contributed by atoms with Gasteiger partial charge in [0.1, 0.15) is 0 Å². The van der Waals surface area contributed by atoms with Crippen LogP contribution in [-0.2, 0) is 4.79 Å². The van der Waals surface area contributed by atoms with Crippen molar-refractivity contribution in [2.45, 2.75) is 50.6 Å². The maximum atomic E-state index is 12.1. The third-order valence-electron chi connectivity index (χ3n) is 4.04. The van der Waals surface area contributed by atoms with Gasteiger partial charge < -0.3 is 5.32 Å². The van der Waals surface area contributed by atoms with E-state index in [1.54, 1.807) is 0 Å². The van der Waals surface area contributed by atoms with Gasteiger partial charge in [-0.15, -0.1) is 0 Å². The lowest BCUT2D eigenvalue weighted by molar-refractivity contribution is -0.138. The minimum Gasteiger partial charge on any atom is -0.334 e. The van der Waals surface area contributed by atoms with Gasteiger partial charge in [0.25, 0.3) is 0 Å². The maximum absolute atomic E-state index is 12.1. The lowest BCUT2D eigenvalue weighted by Crippen LogP contribution is -2.62. The van der Waals surface area contributed by atoms with E-state index in [1.165, 1.54) is 4.90 Å². The summed E-state index contributed by atoms with van der Waals surface area (Å²) in [5.41, 5.74) is 0. The van der Waals surface area contributed by atoms with E-state index in [0.717, 1.165) is 38.5 Å². The van der Waals surface area contributed by atoms with Gasteiger partial charge in [0.05, 0.1) is 5.92 Å². The van der Waals surface area contributed by atoms with Crippen LogP contribution in [0, 0.1) is 5.92 Å². The summed E-state index contributed by atoms with van der Waals surface area (Å²) in [6, 6.07) is 0.174. The summed E-state index contributed by atoms with van der Waals surface area (Å²) in [5.74, 6) is 0.161. The number of fused-ring (bicyclic) bond motifs is 1. The van der Waals surface area contributed by atoms with Crippen LogP contribution >= 0.6 is 0 Å². The maximum Gasteiger partial charge on any atom is 0.324 e. The van der Waals surface area contributed by atoms with Crippen LogP contribution in [0.4, 0.5) is 4.79 Å². The SMILES string of the molecule is O=C1NC2CCCC2C(=O)N1C1CCC1. The third-order valence-corrected chi connectivity index (χ3v) is 4.04. The number of carbonyl (C=O) groups is 2. The summed E-state index contributed by atoms with van der Waals surface area (Å²) in [7, 11) is 0. The average Bonchev–Trinajstić information content (AvgIpc) is 2.56. The molecule has 2 saturated carbocycles. The van der Waals surface area contributed by atoms with Crippen LogP contribution in [0.2, 0.25) is 0 Å². The number of urea groups is 1. The molecule has 0 bridgehead atoms. The molecule has 4 heteroatoms. The van der Waals surface area contributed by atoms with Gasteiger partial charge in [-0.1, -0.05) is 6.42 Å². The molecular weight excluding hydrogens is 192 g/mol. The summed E-state index contributed by atoms with van der Waals surface area (Å²) >= 11 is 0. The van der Waals surface area contributed by atoms with Crippen LogP contribution in [-0.4, -0.2) is 28.9 Å². The Labute approximate surface area is 89.0 Å². The number of imide groups is 1. The van der Waals surface area contributed by atoms with Gasteiger partial charge >= 0.3 is 6.03 Å². The van der Waals surface area contributed by atoms with E-state index >= 15 is 0 Å². The summed E-state index contributed by atoms with van der Waals surface area (Å²) in [6.07, 6.45) is 6.14. The summed E-state index contributed by atoms with van der Waals surface area (Å²) < 4.78 is 0. The van der Waals surface area contributed by atoms with Crippen LogP contribution in [0.1, 0.15) is 38.5 Å². The number of nitrogens with zero attached hydrogens (tertiary/aromatic N) is 1. The quantitative estimate of drug-likeness (QED) is 0.705. The predicted octanol–water partition coefficient (Wildman–Crippen LogP) is 1.26. The molecule has 1 N–H and O–H groups in total. The van der Waals surface area contributed by atoms with E-state index in [2.05, 4.69) is 5.32 Å². The number of rotatable bonds is 1. The largest absolute Gasteiger partial charge is 0.334 e. The van der Waals surface area contributed by atoms with E-state index < -0.39 is 0 Å². The van der Waals surface area contributed by atoms with Crippen molar-refractivity contribution in [1.29, 1.82) is 0 Å². The van der Waals surface area contributed by atoms with Gasteiger partial charge in [-0.3, -0.25) is 9.69 Å². The van der Waals surface area contributed by atoms with Crippen LogP contribution < -0.4 is 5.32 Å². The zero-order valence-corrected chi connectivity index (χ0v) is 8.74. The highest BCUT2D eigenvalue weighted by Crippen LogP contribution is 2.34. The molecule has 0 aromatic carbocycles. The van der Waals surface area contributed by atoms with Crippen molar-refractivity contribution >= 4 is 11.9 Å².